The van der Waals surface area contributed by atoms with Crippen LogP contribution in [-0.4, -0.2) is 61.0 Å². The normalized spacial score (nSPS) is 25.0. The molecule has 3 heterocycles. The van der Waals surface area contributed by atoms with Gasteiger partial charge in [0.25, 0.3) is 5.91 Å². The van der Waals surface area contributed by atoms with Gasteiger partial charge in [-0.1, -0.05) is 12.1 Å². The third-order valence-electron chi connectivity index (χ3n) is 5.86. The molecule has 3 N–H and O–H groups in total. The van der Waals surface area contributed by atoms with Gasteiger partial charge in [0.05, 0.1) is 6.10 Å². The molecule has 3 aliphatic heterocycles. The molecular formula is C21H28N4O4. The zero-order valence-corrected chi connectivity index (χ0v) is 16.5. The van der Waals surface area contributed by atoms with E-state index in [4.69, 9.17) is 4.74 Å². The molecule has 8 nitrogen and oxygen atoms in total. The lowest BCUT2D eigenvalue weighted by molar-refractivity contribution is -0.136. The van der Waals surface area contributed by atoms with Gasteiger partial charge in [0.1, 0.15) is 6.04 Å². The van der Waals surface area contributed by atoms with Gasteiger partial charge < -0.3 is 20.3 Å². The van der Waals surface area contributed by atoms with Gasteiger partial charge in [-0.3, -0.25) is 19.7 Å². The van der Waals surface area contributed by atoms with Crippen molar-refractivity contribution >= 4 is 17.7 Å². The van der Waals surface area contributed by atoms with Crippen molar-refractivity contribution in [1.29, 1.82) is 0 Å². The van der Waals surface area contributed by atoms with Gasteiger partial charge in [-0.15, -0.1) is 0 Å². The number of fused-ring (bicyclic) bond motifs is 1. The number of hydrogen-bond donors (Lipinski definition) is 3. The Morgan fingerprint density at radius 1 is 1.24 bits per heavy atom. The molecule has 2 atom stereocenters. The van der Waals surface area contributed by atoms with Crippen LogP contribution < -0.4 is 16.0 Å². The fraction of sp³-hybridized carbons (Fsp3) is 0.571. The van der Waals surface area contributed by atoms with Gasteiger partial charge in [0.2, 0.25) is 11.8 Å². The zero-order valence-electron chi connectivity index (χ0n) is 16.5. The quantitative estimate of drug-likeness (QED) is 0.469. The highest BCUT2D eigenvalue weighted by Gasteiger charge is 2.39. The molecule has 0 radical (unpaired) electrons. The van der Waals surface area contributed by atoms with Crippen LogP contribution in [0.1, 0.15) is 47.2 Å². The molecule has 8 heteroatoms. The van der Waals surface area contributed by atoms with Crippen LogP contribution in [0.3, 0.4) is 0 Å². The van der Waals surface area contributed by atoms with Gasteiger partial charge in [-0.05, 0) is 49.5 Å². The maximum absolute atomic E-state index is 12.9. The predicted molar refractivity (Wildman–Crippen MR) is 106 cm³/mol. The first kappa shape index (κ1) is 20.0. The Balaban J connectivity index is 1.35. The number of benzene rings is 1. The molecule has 0 spiro atoms. The summed E-state index contributed by atoms with van der Waals surface area (Å²) in [6.07, 6.45) is 2.87. The number of nitrogens with zero attached hydrogens (tertiary/aromatic N) is 1. The second-order valence-electron chi connectivity index (χ2n) is 7.86. The number of carbonyl (C=O) groups is 3. The standard InChI is InChI=1S/C21H28N4O4/c26-19-6-5-18(20(27)24-19)25-13-17-14(3-1-4-16(17)21(25)28)11-23-9-7-15-12-22-8-2-10-29-15/h1,3-4,15,18,22-23H,2,5-13H2,(H,24,26,27). The smallest absolute Gasteiger partial charge is 0.255 e. The maximum Gasteiger partial charge on any atom is 0.255 e. The summed E-state index contributed by atoms with van der Waals surface area (Å²) in [7, 11) is 0. The first-order chi connectivity index (χ1) is 14.1. The minimum atomic E-state index is -0.576. The Kier molecular flexibility index (Phi) is 6.22. The van der Waals surface area contributed by atoms with E-state index in [9.17, 15) is 14.4 Å². The Morgan fingerprint density at radius 2 is 2.14 bits per heavy atom. The molecule has 2 unspecified atom stereocenters. The molecule has 1 aromatic carbocycles. The fourth-order valence-electron chi connectivity index (χ4n) is 4.26. The summed E-state index contributed by atoms with van der Waals surface area (Å²) >= 11 is 0. The van der Waals surface area contributed by atoms with Crippen LogP contribution >= 0.6 is 0 Å². The van der Waals surface area contributed by atoms with Crippen molar-refractivity contribution < 1.29 is 19.1 Å². The van der Waals surface area contributed by atoms with Crippen molar-refractivity contribution in [3.8, 4) is 0 Å². The summed E-state index contributed by atoms with van der Waals surface area (Å²) in [5, 5.41) is 9.19. The predicted octanol–water partition coefficient (Wildman–Crippen LogP) is 0.306. The number of hydrogen-bond acceptors (Lipinski definition) is 6. The lowest BCUT2D eigenvalue weighted by atomic mass is 10.0. The number of imide groups is 1. The third-order valence-corrected chi connectivity index (χ3v) is 5.86. The molecule has 0 bridgehead atoms. The zero-order chi connectivity index (χ0) is 20.2. The summed E-state index contributed by atoms with van der Waals surface area (Å²) < 4.78 is 5.83. The molecule has 1 aromatic rings. The Morgan fingerprint density at radius 3 is 3.00 bits per heavy atom. The number of ether oxygens (including phenoxy) is 1. The molecule has 3 aliphatic rings. The Hall–Kier alpha value is -2.29. The molecule has 0 aliphatic carbocycles. The van der Waals surface area contributed by atoms with Crippen LogP contribution in [0.5, 0.6) is 0 Å². The monoisotopic (exact) mass is 400 g/mol. The Labute approximate surface area is 170 Å². The van der Waals surface area contributed by atoms with E-state index in [1.807, 2.05) is 18.2 Å². The number of carbonyl (C=O) groups excluding carboxylic acids is 3. The minimum Gasteiger partial charge on any atom is -0.377 e. The molecule has 2 saturated heterocycles. The molecule has 4 rings (SSSR count). The van der Waals surface area contributed by atoms with Crippen molar-refractivity contribution in [1.82, 2.24) is 20.9 Å². The van der Waals surface area contributed by atoms with Crippen molar-refractivity contribution in [2.45, 2.75) is 50.9 Å². The molecular weight excluding hydrogens is 372 g/mol. The van der Waals surface area contributed by atoms with Crippen molar-refractivity contribution in [2.24, 2.45) is 0 Å². The van der Waals surface area contributed by atoms with E-state index in [1.165, 1.54) is 0 Å². The van der Waals surface area contributed by atoms with Crippen molar-refractivity contribution in [2.75, 3.05) is 26.2 Å². The van der Waals surface area contributed by atoms with Crippen LogP contribution in [0, 0.1) is 0 Å². The lowest BCUT2D eigenvalue weighted by Gasteiger charge is -2.29. The molecule has 156 valence electrons. The van der Waals surface area contributed by atoms with E-state index in [0.29, 0.717) is 25.1 Å². The molecule has 0 saturated carbocycles. The summed E-state index contributed by atoms with van der Waals surface area (Å²) in [6.45, 7) is 4.62. The highest BCUT2D eigenvalue weighted by Crippen LogP contribution is 2.29. The van der Waals surface area contributed by atoms with Gasteiger partial charge in [-0.2, -0.15) is 0 Å². The highest BCUT2D eigenvalue weighted by atomic mass is 16.5. The van der Waals surface area contributed by atoms with E-state index >= 15 is 0 Å². The number of amides is 3. The summed E-state index contributed by atoms with van der Waals surface area (Å²) in [5.74, 6) is -0.776. The van der Waals surface area contributed by atoms with Crippen molar-refractivity contribution in [3.63, 3.8) is 0 Å². The molecule has 29 heavy (non-hydrogen) atoms. The third kappa shape index (κ3) is 4.49. The minimum absolute atomic E-state index is 0.130. The first-order valence-electron chi connectivity index (χ1n) is 10.4. The van der Waals surface area contributed by atoms with Crippen LogP contribution in [0.25, 0.3) is 0 Å². The van der Waals surface area contributed by atoms with E-state index in [2.05, 4.69) is 16.0 Å². The van der Waals surface area contributed by atoms with Gasteiger partial charge in [-0.25, -0.2) is 0 Å². The lowest BCUT2D eigenvalue weighted by Crippen LogP contribution is -2.52. The van der Waals surface area contributed by atoms with E-state index in [0.717, 1.165) is 50.2 Å². The highest BCUT2D eigenvalue weighted by molar-refractivity contribution is 6.05. The summed E-state index contributed by atoms with van der Waals surface area (Å²) in [6, 6.07) is 5.16. The van der Waals surface area contributed by atoms with Crippen LogP contribution in [0.4, 0.5) is 0 Å². The first-order valence-corrected chi connectivity index (χ1v) is 10.4. The van der Waals surface area contributed by atoms with Gasteiger partial charge in [0, 0.05) is 38.2 Å². The topological polar surface area (TPSA) is 99.8 Å². The fourth-order valence-corrected chi connectivity index (χ4v) is 4.26. The van der Waals surface area contributed by atoms with Crippen molar-refractivity contribution in [3.05, 3.63) is 34.9 Å². The van der Waals surface area contributed by atoms with Gasteiger partial charge in [0.15, 0.2) is 0 Å². The molecule has 3 amide bonds. The SMILES string of the molecule is O=C1CCC(N2Cc3c(CNCCC4CNCCCO4)cccc3C2=O)C(=O)N1. The second kappa shape index (κ2) is 9.02. The van der Waals surface area contributed by atoms with Crippen LogP contribution in [0.15, 0.2) is 18.2 Å². The number of piperidine rings is 1. The van der Waals surface area contributed by atoms with E-state index in [-0.39, 0.29) is 30.2 Å². The van der Waals surface area contributed by atoms with E-state index < -0.39 is 6.04 Å². The Bertz CT molecular complexity index is 789. The van der Waals surface area contributed by atoms with Crippen LogP contribution in [0.2, 0.25) is 0 Å². The average Bonchev–Trinajstić information content (AvgIpc) is 2.88. The largest absolute Gasteiger partial charge is 0.377 e. The van der Waals surface area contributed by atoms with Gasteiger partial charge >= 0.3 is 0 Å². The summed E-state index contributed by atoms with van der Waals surface area (Å²) in [5.41, 5.74) is 2.71. The molecule has 0 aromatic heterocycles. The number of rotatable bonds is 6. The van der Waals surface area contributed by atoms with E-state index in [1.54, 1.807) is 4.90 Å². The second-order valence-corrected chi connectivity index (χ2v) is 7.86. The maximum atomic E-state index is 12.9. The molecule has 2 fully saturated rings. The van der Waals surface area contributed by atoms with Crippen LogP contribution in [-0.2, 0) is 27.4 Å². The summed E-state index contributed by atoms with van der Waals surface area (Å²) in [4.78, 5) is 38.1. The average molecular weight is 400 g/mol. The number of nitrogens with one attached hydrogen (secondary N) is 3.